The minimum absolute atomic E-state index is 0.0391. The van der Waals surface area contributed by atoms with Crippen LogP contribution < -0.4 is 5.32 Å². The summed E-state index contributed by atoms with van der Waals surface area (Å²) in [5.41, 5.74) is 1.92. The van der Waals surface area contributed by atoms with Gasteiger partial charge in [0.25, 0.3) is 0 Å². The molecule has 134 valence electrons. The van der Waals surface area contributed by atoms with Gasteiger partial charge in [0, 0.05) is 9.75 Å². The minimum Gasteiger partial charge on any atom is -0.383 e. The number of carbonyl (C=O) groups is 1. The van der Waals surface area contributed by atoms with Crippen molar-refractivity contribution in [3.63, 3.8) is 0 Å². The summed E-state index contributed by atoms with van der Waals surface area (Å²) < 4.78 is 0. The zero-order chi connectivity index (χ0) is 18.4. The summed E-state index contributed by atoms with van der Waals surface area (Å²) in [6.07, 6.45) is 0.136. The fraction of sp³-hybridized carbons (Fsp3) is 0.227. The van der Waals surface area contributed by atoms with Gasteiger partial charge in [-0.1, -0.05) is 67.6 Å². The van der Waals surface area contributed by atoms with Gasteiger partial charge in [-0.05, 0) is 29.7 Å². The van der Waals surface area contributed by atoms with Gasteiger partial charge >= 0.3 is 0 Å². The van der Waals surface area contributed by atoms with E-state index in [0.717, 1.165) is 27.3 Å². The second-order valence-electron chi connectivity index (χ2n) is 6.21. The van der Waals surface area contributed by atoms with Gasteiger partial charge in [-0.3, -0.25) is 4.79 Å². The number of thiophene rings is 1. The van der Waals surface area contributed by atoms with E-state index in [1.807, 2.05) is 79.7 Å². The first-order chi connectivity index (χ1) is 12.7. The Morgan fingerprint density at radius 1 is 0.962 bits per heavy atom. The van der Waals surface area contributed by atoms with Crippen LogP contribution in [0.3, 0.4) is 0 Å². The maximum Gasteiger partial charge on any atom is 0.227 e. The number of aliphatic hydroxyl groups is 1. The molecule has 0 spiro atoms. The third-order valence-electron chi connectivity index (χ3n) is 4.43. The monoisotopic (exact) mass is 365 g/mol. The lowest BCUT2D eigenvalue weighted by atomic mass is 9.96. The van der Waals surface area contributed by atoms with E-state index in [-0.39, 0.29) is 11.8 Å². The molecule has 0 fully saturated rings. The van der Waals surface area contributed by atoms with Gasteiger partial charge in [0.05, 0.1) is 12.5 Å². The van der Waals surface area contributed by atoms with E-state index in [1.165, 1.54) is 11.3 Å². The first-order valence-electron chi connectivity index (χ1n) is 8.83. The Hall–Kier alpha value is -2.43. The van der Waals surface area contributed by atoms with Crippen molar-refractivity contribution in [3.05, 3.63) is 93.7 Å². The van der Waals surface area contributed by atoms with Gasteiger partial charge in [0.1, 0.15) is 6.10 Å². The smallest absolute Gasteiger partial charge is 0.227 e. The predicted molar refractivity (Wildman–Crippen MR) is 106 cm³/mol. The molecule has 3 nitrogen and oxygen atoms in total. The molecular weight excluding hydrogens is 342 g/mol. The number of rotatable bonds is 7. The molecule has 3 rings (SSSR count). The summed E-state index contributed by atoms with van der Waals surface area (Å²) in [6.45, 7) is 2.51. The number of carbonyl (C=O) groups excluding carboxylic acids is 1. The third kappa shape index (κ3) is 4.40. The second-order valence-corrected chi connectivity index (χ2v) is 7.41. The van der Waals surface area contributed by atoms with Crippen molar-refractivity contribution in [1.29, 1.82) is 0 Å². The van der Waals surface area contributed by atoms with E-state index in [1.54, 1.807) is 0 Å². The topological polar surface area (TPSA) is 49.3 Å². The van der Waals surface area contributed by atoms with Gasteiger partial charge in [0.2, 0.25) is 5.91 Å². The molecule has 0 saturated heterocycles. The number of benzene rings is 2. The average molecular weight is 365 g/mol. The van der Waals surface area contributed by atoms with Crippen LogP contribution in [0.1, 0.15) is 46.2 Å². The molecule has 0 radical (unpaired) electrons. The van der Waals surface area contributed by atoms with E-state index < -0.39 is 6.10 Å². The van der Waals surface area contributed by atoms with E-state index in [9.17, 15) is 9.90 Å². The molecule has 26 heavy (non-hydrogen) atoms. The van der Waals surface area contributed by atoms with E-state index >= 15 is 0 Å². The summed E-state index contributed by atoms with van der Waals surface area (Å²) in [5, 5.41) is 13.5. The fourth-order valence-electron chi connectivity index (χ4n) is 2.99. The second kappa shape index (κ2) is 8.79. The highest BCUT2D eigenvalue weighted by Crippen LogP contribution is 2.28. The van der Waals surface area contributed by atoms with Gasteiger partial charge < -0.3 is 10.4 Å². The lowest BCUT2D eigenvalue weighted by molar-refractivity contribution is -0.122. The molecule has 3 aromatic rings. The van der Waals surface area contributed by atoms with Crippen molar-refractivity contribution in [2.24, 2.45) is 0 Å². The Balaban J connectivity index is 1.62. The lowest BCUT2D eigenvalue weighted by Gasteiger charge is -2.15. The van der Waals surface area contributed by atoms with Crippen molar-refractivity contribution < 1.29 is 9.90 Å². The van der Waals surface area contributed by atoms with Crippen LogP contribution in [0.5, 0.6) is 0 Å². The van der Waals surface area contributed by atoms with Gasteiger partial charge in [-0.15, -0.1) is 11.3 Å². The molecule has 2 aromatic carbocycles. The van der Waals surface area contributed by atoms with Crippen LogP contribution in [0.2, 0.25) is 0 Å². The summed E-state index contributed by atoms with van der Waals surface area (Å²) in [4.78, 5) is 14.5. The Labute approximate surface area is 158 Å². The standard InChI is InChI=1S/C22H23NO2S/c1-2-19(16-9-5-3-6-10-16)22(25)23-15-18-13-14-20(26-18)21(24)17-11-7-4-8-12-17/h3-14,19,21,24H,2,15H2,1H3,(H,23,25). The third-order valence-corrected chi connectivity index (χ3v) is 5.57. The van der Waals surface area contributed by atoms with Crippen LogP contribution in [-0.4, -0.2) is 11.0 Å². The van der Waals surface area contributed by atoms with Crippen LogP contribution in [0, 0.1) is 0 Å². The molecule has 0 saturated carbocycles. The number of amides is 1. The molecule has 2 N–H and O–H groups in total. The first kappa shape index (κ1) is 18.4. The van der Waals surface area contributed by atoms with Crippen molar-refractivity contribution in [2.45, 2.75) is 31.9 Å². The number of aliphatic hydroxyl groups excluding tert-OH is 1. The minimum atomic E-state index is -0.627. The Morgan fingerprint density at radius 2 is 1.58 bits per heavy atom. The summed E-state index contributed by atoms with van der Waals surface area (Å²) in [6, 6.07) is 23.4. The molecule has 1 heterocycles. The molecule has 4 heteroatoms. The van der Waals surface area contributed by atoms with E-state index in [0.29, 0.717) is 6.54 Å². The summed E-state index contributed by atoms with van der Waals surface area (Å²) >= 11 is 1.53. The van der Waals surface area contributed by atoms with Crippen molar-refractivity contribution in [1.82, 2.24) is 5.32 Å². The highest BCUT2D eigenvalue weighted by atomic mass is 32.1. The van der Waals surface area contributed by atoms with Crippen molar-refractivity contribution in [2.75, 3.05) is 0 Å². The van der Waals surface area contributed by atoms with Gasteiger partial charge in [-0.25, -0.2) is 0 Å². The molecule has 2 unspecified atom stereocenters. The van der Waals surface area contributed by atoms with Crippen molar-refractivity contribution >= 4 is 17.2 Å². The zero-order valence-corrected chi connectivity index (χ0v) is 15.6. The van der Waals surface area contributed by atoms with Crippen LogP contribution in [0.25, 0.3) is 0 Å². The van der Waals surface area contributed by atoms with Gasteiger partial charge in [-0.2, -0.15) is 0 Å². The van der Waals surface area contributed by atoms with Crippen molar-refractivity contribution in [3.8, 4) is 0 Å². The largest absolute Gasteiger partial charge is 0.383 e. The van der Waals surface area contributed by atoms with E-state index in [2.05, 4.69) is 5.32 Å². The molecule has 2 atom stereocenters. The normalized spacial score (nSPS) is 13.2. The highest BCUT2D eigenvalue weighted by molar-refractivity contribution is 7.12. The van der Waals surface area contributed by atoms with E-state index in [4.69, 9.17) is 0 Å². The SMILES string of the molecule is CCC(C(=O)NCc1ccc(C(O)c2ccccc2)s1)c1ccccc1. The fourth-order valence-corrected chi connectivity index (χ4v) is 3.96. The molecule has 0 aliphatic rings. The van der Waals surface area contributed by atoms with Crippen LogP contribution >= 0.6 is 11.3 Å². The first-order valence-corrected chi connectivity index (χ1v) is 9.65. The number of hydrogen-bond donors (Lipinski definition) is 2. The Bertz CT molecular complexity index is 830. The Kier molecular flexibility index (Phi) is 6.21. The molecule has 1 aromatic heterocycles. The molecular formula is C22H23NO2S. The number of hydrogen-bond acceptors (Lipinski definition) is 3. The Morgan fingerprint density at radius 3 is 2.19 bits per heavy atom. The maximum absolute atomic E-state index is 12.6. The highest BCUT2D eigenvalue weighted by Gasteiger charge is 2.18. The molecule has 0 aliphatic heterocycles. The summed E-state index contributed by atoms with van der Waals surface area (Å²) in [7, 11) is 0. The quantitative estimate of drug-likeness (QED) is 0.641. The molecule has 0 aliphatic carbocycles. The zero-order valence-electron chi connectivity index (χ0n) is 14.8. The maximum atomic E-state index is 12.6. The predicted octanol–water partition coefficient (Wildman–Crippen LogP) is 4.64. The van der Waals surface area contributed by atoms with Crippen LogP contribution in [0.15, 0.2) is 72.8 Å². The molecule has 0 bridgehead atoms. The average Bonchev–Trinajstić information content (AvgIpc) is 3.17. The van der Waals surface area contributed by atoms with Crippen LogP contribution in [0.4, 0.5) is 0 Å². The number of nitrogens with one attached hydrogen (secondary N) is 1. The molecule has 1 amide bonds. The summed E-state index contributed by atoms with van der Waals surface area (Å²) in [5.74, 6) is -0.0946. The van der Waals surface area contributed by atoms with Crippen LogP contribution in [-0.2, 0) is 11.3 Å². The lowest BCUT2D eigenvalue weighted by Crippen LogP contribution is -2.28. The van der Waals surface area contributed by atoms with Gasteiger partial charge in [0.15, 0.2) is 0 Å².